The van der Waals surface area contributed by atoms with Crippen LogP contribution in [0.25, 0.3) is 0 Å². The Kier molecular flexibility index (Phi) is 2.96. The third kappa shape index (κ3) is 2.69. The van der Waals surface area contributed by atoms with Gasteiger partial charge in [-0.15, -0.1) is 0 Å². The first kappa shape index (κ1) is 10.5. The Balaban J connectivity index is 2.20. The molecule has 0 spiro atoms. The molecule has 0 aromatic heterocycles. The smallest absolute Gasteiger partial charge is 0.223 e. The van der Waals surface area contributed by atoms with E-state index in [4.69, 9.17) is 0 Å². The number of carbonyl (C=O) groups is 1. The first-order chi connectivity index (χ1) is 5.97. The molecule has 3 nitrogen and oxygen atoms in total. The van der Waals surface area contributed by atoms with Gasteiger partial charge in [0.05, 0.1) is 0 Å². The van der Waals surface area contributed by atoms with Gasteiger partial charge in [0.15, 0.2) is 0 Å². The van der Waals surface area contributed by atoms with Crippen LogP contribution in [0.4, 0.5) is 0 Å². The monoisotopic (exact) mass is 184 g/mol. The van der Waals surface area contributed by atoms with Crippen molar-refractivity contribution < 1.29 is 4.79 Å². The van der Waals surface area contributed by atoms with E-state index in [1.165, 1.54) is 0 Å². The molecule has 3 heteroatoms. The van der Waals surface area contributed by atoms with Crippen molar-refractivity contribution in [3.05, 3.63) is 0 Å². The summed E-state index contributed by atoms with van der Waals surface area (Å²) < 4.78 is 0. The molecule has 1 saturated carbocycles. The molecule has 0 saturated heterocycles. The molecule has 0 heterocycles. The quantitative estimate of drug-likeness (QED) is 0.677. The second-order valence-electron chi connectivity index (χ2n) is 4.68. The summed E-state index contributed by atoms with van der Waals surface area (Å²) in [6, 6.07) is 0.353. The molecule has 0 radical (unpaired) electrons. The van der Waals surface area contributed by atoms with Gasteiger partial charge in [0.25, 0.3) is 0 Å². The van der Waals surface area contributed by atoms with E-state index in [1.807, 2.05) is 7.05 Å². The zero-order chi connectivity index (χ0) is 10.1. The Hall–Kier alpha value is -0.570. The number of carbonyl (C=O) groups excluding carboxylic acids is 1. The van der Waals surface area contributed by atoms with E-state index < -0.39 is 0 Å². The van der Waals surface area contributed by atoms with Gasteiger partial charge >= 0.3 is 0 Å². The van der Waals surface area contributed by atoms with Crippen LogP contribution < -0.4 is 10.6 Å². The number of likely N-dealkylation sites (N-methyl/N-ethyl adjacent to an activating group) is 1. The van der Waals surface area contributed by atoms with Crippen LogP contribution in [0.2, 0.25) is 0 Å². The van der Waals surface area contributed by atoms with Gasteiger partial charge in [-0.05, 0) is 25.8 Å². The average molecular weight is 184 g/mol. The lowest BCUT2D eigenvalue weighted by molar-refractivity contribution is -0.123. The molecule has 1 amide bonds. The second-order valence-corrected chi connectivity index (χ2v) is 4.68. The minimum atomic E-state index is 0.215. The molecule has 2 unspecified atom stereocenters. The van der Waals surface area contributed by atoms with Crippen LogP contribution >= 0.6 is 0 Å². The zero-order valence-electron chi connectivity index (χ0n) is 8.98. The molecule has 0 bridgehead atoms. The molecule has 2 N–H and O–H groups in total. The number of amides is 1. The van der Waals surface area contributed by atoms with Gasteiger partial charge in [-0.1, -0.05) is 13.8 Å². The molecule has 2 atom stereocenters. The number of rotatable bonds is 4. The van der Waals surface area contributed by atoms with E-state index in [2.05, 4.69) is 31.4 Å². The van der Waals surface area contributed by atoms with Crippen LogP contribution in [0.5, 0.6) is 0 Å². The first-order valence-corrected chi connectivity index (χ1v) is 4.92. The van der Waals surface area contributed by atoms with Gasteiger partial charge in [0.2, 0.25) is 5.91 Å². The molecule has 1 aliphatic rings. The van der Waals surface area contributed by atoms with Crippen LogP contribution in [0, 0.1) is 11.3 Å². The Labute approximate surface area is 80.3 Å². The summed E-state index contributed by atoms with van der Waals surface area (Å²) in [6.45, 7) is 7.05. The van der Waals surface area contributed by atoms with Crippen LogP contribution in [0.3, 0.4) is 0 Å². The minimum Gasteiger partial charge on any atom is -0.354 e. The van der Waals surface area contributed by atoms with E-state index in [9.17, 15) is 4.79 Å². The normalized spacial score (nSPS) is 26.6. The van der Waals surface area contributed by atoms with Gasteiger partial charge in [-0.2, -0.15) is 0 Å². The maximum Gasteiger partial charge on any atom is 0.223 e. The molecule has 0 aromatic carbocycles. The third-order valence-corrected chi connectivity index (χ3v) is 2.91. The molecule has 13 heavy (non-hydrogen) atoms. The van der Waals surface area contributed by atoms with E-state index in [0.717, 1.165) is 13.0 Å². The van der Waals surface area contributed by atoms with Crippen LogP contribution in [0.15, 0.2) is 0 Å². The highest BCUT2D eigenvalue weighted by Gasteiger charge is 2.50. The predicted molar refractivity (Wildman–Crippen MR) is 53.4 cm³/mol. The lowest BCUT2D eigenvalue weighted by Gasteiger charge is -2.11. The van der Waals surface area contributed by atoms with Crippen LogP contribution in [-0.4, -0.2) is 25.5 Å². The van der Waals surface area contributed by atoms with E-state index >= 15 is 0 Å². The SMILES string of the molecule is CNC(C)CNC(=O)C1CC1(C)C. The van der Waals surface area contributed by atoms with Crippen LogP contribution in [0.1, 0.15) is 27.2 Å². The topological polar surface area (TPSA) is 41.1 Å². The fourth-order valence-electron chi connectivity index (χ4n) is 1.39. The number of hydrogen-bond acceptors (Lipinski definition) is 2. The largest absolute Gasteiger partial charge is 0.354 e. The van der Waals surface area contributed by atoms with Crippen molar-refractivity contribution in [3.63, 3.8) is 0 Å². The highest BCUT2D eigenvalue weighted by atomic mass is 16.2. The molecule has 0 aliphatic heterocycles. The maximum atomic E-state index is 11.5. The third-order valence-electron chi connectivity index (χ3n) is 2.91. The van der Waals surface area contributed by atoms with E-state index in [-0.39, 0.29) is 17.2 Å². The number of nitrogens with one attached hydrogen (secondary N) is 2. The Morgan fingerprint density at radius 1 is 1.62 bits per heavy atom. The predicted octanol–water partition coefficient (Wildman–Crippen LogP) is 0.757. The van der Waals surface area contributed by atoms with Crippen molar-refractivity contribution >= 4 is 5.91 Å². The maximum absolute atomic E-state index is 11.5. The molecule has 1 rings (SSSR count). The molecule has 76 valence electrons. The van der Waals surface area contributed by atoms with E-state index in [1.54, 1.807) is 0 Å². The molecule has 0 aromatic rings. The lowest BCUT2D eigenvalue weighted by Crippen LogP contribution is -2.38. The summed E-state index contributed by atoms with van der Waals surface area (Å²) in [5.74, 6) is 0.462. The van der Waals surface area contributed by atoms with Crippen molar-refractivity contribution in [3.8, 4) is 0 Å². The van der Waals surface area contributed by atoms with E-state index in [0.29, 0.717) is 6.04 Å². The molecule has 1 fully saturated rings. The summed E-state index contributed by atoms with van der Waals surface area (Å²) in [4.78, 5) is 11.5. The zero-order valence-corrected chi connectivity index (χ0v) is 8.98. The number of hydrogen-bond donors (Lipinski definition) is 2. The summed E-state index contributed by atoms with van der Waals surface area (Å²) in [5.41, 5.74) is 0.243. The summed E-state index contributed by atoms with van der Waals surface area (Å²) in [5, 5.41) is 6.04. The minimum absolute atomic E-state index is 0.215. The van der Waals surface area contributed by atoms with Gasteiger partial charge in [-0.3, -0.25) is 4.79 Å². The van der Waals surface area contributed by atoms with Crippen molar-refractivity contribution in [1.29, 1.82) is 0 Å². The fraction of sp³-hybridized carbons (Fsp3) is 0.900. The van der Waals surface area contributed by atoms with Gasteiger partial charge < -0.3 is 10.6 Å². The second kappa shape index (κ2) is 3.66. The van der Waals surface area contributed by atoms with Gasteiger partial charge in [0, 0.05) is 18.5 Å². The fourth-order valence-corrected chi connectivity index (χ4v) is 1.39. The Morgan fingerprint density at radius 2 is 2.15 bits per heavy atom. The Bertz CT molecular complexity index is 201. The van der Waals surface area contributed by atoms with Gasteiger partial charge in [-0.25, -0.2) is 0 Å². The van der Waals surface area contributed by atoms with Crippen molar-refractivity contribution in [2.45, 2.75) is 33.2 Å². The first-order valence-electron chi connectivity index (χ1n) is 4.92. The van der Waals surface area contributed by atoms with Crippen molar-refractivity contribution in [1.82, 2.24) is 10.6 Å². The van der Waals surface area contributed by atoms with Crippen LogP contribution in [-0.2, 0) is 4.79 Å². The van der Waals surface area contributed by atoms with Crippen molar-refractivity contribution in [2.24, 2.45) is 11.3 Å². The molecule has 1 aliphatic carbocycles. The highest BCUT2D eigenvalue weighted by molar-refractivity contribution is 5.82. The lowest BCUT2D eigenvalue weighted by atomic mass is 10.1. The average Bonchev–Trinajstić information content (AvgIpc) is 2.70. The standard InChI is InChI=1S/C10H20N2O/c1-7(11-4)6-12-9(13)8-5-10(8,2)3/h7-8,11H,5-6H2,1-4H3,(H,12,13). The molecular weight excluding hydrogens is 164 g/mol. The molecular formula is C10H20N2O. The van der Waals surface area contributed by atoms with Gasteiger partial charge in [0.1, 0.15) is 0 Å². The summed E-state index contributed by atoms with van der Waals surface area (Å²) in [6.07, 6.45) is 1.03. The summed E-state index contributed by atoms with van der Waals surface area (Å²) >= 11 is 0. The summed E-state index contributed by atoms with van der Waals surface area (Å²) in [7, 11) is 1.90. The highest BCUT2D eigenvalue weighted by Crippen LogP contribution is 2.51. The van der Waals surface area contributed by atoms with Crippen molar-refractivity contribution in [2.75, 3.05) is 13.6 Å². The Morgan fingerprint density at radius 3 is 2.54 bits per heavy atom.